The van der Waals surface area contributed by atoms with Gasteiger partial charge in [-0.25, -0.2) is 8.78 Å². The van der Waals surface area contributed by atoms with E-state index in [9.17, 15) is 8.78 Å². The van der Waals surface area contributed by atoms with Gasteiger partial charge in [0.2, 0.25) is 0 Å². The van der Waals surface area contributed by atoms with Gasteiger partial charge in [-0.15, -0.1) is 11.3 Å². The molecule has 20 heavy (non-hydrogen) atoms. The molecule has 1 aromatic heterocycles. The van der Waals surface area contributed by atoms with Crippen LogP contribution < -0.4 is 5.32 Å². The van der Waals surface area contributed by atoms with Gasteiger partial charge in [0, 0.05) is 15.4 Å². The summed E-state index contributed by atoms with van der Waals surface area (Å²) in [5, 5.41) is 5.48. The number of nitrogens with one attached hydrogen (secondary N) is 1. The minimum absolute atomic E-state index is 0.106. The minimum atomic E-state index is -0.802. The molecular weight excluding hydrogens is 344 g/mol. The van der Waals surface area contributed by atoms with E-state index in [4.69, 9.17) is 0 Å². The molecule has 1 heterocycles. The van der Waals surface area contributed by atoms with Gasteiger partial charge in [-0.1, -0.05) is 13.0 Å². The van der Waals surface area contributed by atoms with Crippen LogP contribution >= 0.6 is 27.3 Å². The molecule has 0 amide bonds. The highest BCUT2D eigenvalue weighted by molar-refractivity contribution is 9.10. The SMILES string of the molecule is CCCNC(Cc1ccc(F)c(F)c1)c1sccc1Br. The van der Waals surface area contributed by atoms with Crippen molar-refractivity contribution in [2.75, 3.05) is 6.54 Å². The third kappa shape index (κ3) is 3.87. The molecule has 1 atom stereocenters. The largest absolute Gasteiger partial charge is 0.309 e. The van der Waals surface area contributed by atoms with Crippen LogP contribution in [-0.4, -0.2) is 6.54 Å². The number of hydrogen-bond donors (Lipinski definition) is 1. The lowest BCUT2D eigenvalue weighted by atomic mass is 10.0. The Balaban J connectivity index is 2.19. The summed E-state index contributed by atoms with van der Waals surface area (Å²) in [5.41, 5.74) is 0.790. The lowest BCUT2D eigenvalue weighted by Crippen LogP contribution is -2.23. The quantitative estimate of drug-likeness (QED) is 0.758. The number of hydrogen-bond acceptors (Lipinski definition) is 2. The van der Waals surface area contributed by atoms with E-state index in [0.717, 1.165) is 23.0 Å². The topological polar surface area (TPSA) is 12.0 Å². The molecule has 1 N–H and O–H groups in total. The van der Waals surface area contributed by atoms with E-state index in [1.165, 1.54) is 17.0 Å². The highest BCUT2D eigenvalue weighted by Gasteiger charge is 2.16. The summed E-state index contributed by atoms with van der Waals surface area (Å²) in [5.74, 6) is -1.59. The van der Waals surface area contributed by atoms with Crippen LogP contribution in [-0.2, 0) is 6.42 Å². The van der Waals surface area contributed by atoms with Gasteiger partial charge in [0.15, 0.2) is 11.6 Å². The first-order valence-corrected chi connectivity index (χ1v) is 8.19. The number of thiophene rings is 1. The Morgan fingerprint density at radius 1 is 1.25 bits per heavy atom. The smallest absolute Gasteiger partial charge is 0.159 e. The van der Waals surface area contributed by atoms with Crippen LogP contribution in [0, 0.1) is 11.6 Å². The first-order chi connectivity index (χ1) is 9.61. The number of halogens is 3. The Hall–Kier alpha value is -0.780. The van der Waals surface area contributed by atoms with Crippen LogP contribution in [0.25, 0.3) is 0 Å². The van der Waals surface area contributed by atoms with Crippen molar-refractivity contribution in [1.29, 1.82) is 0 Å². The average Bonchev–Trinajstić information content (AvgIpc) is 2.85. The highest BCUT2D eigenvalue weighted by atomic mass is 79.9. The van der Waals surface area contributed by atoms with Crippen molar-refractivity contribution in [3.05, 3.63) is 56.2 Å². The van der Waals surface area contributed by atoms with Crippen molar-refractivity contribution in [3.8, 4) is 0 Å². The van der Waals surface area contributed by atoms with Gasteiger partial charge in [-0.2, -0.15) is 0 Å². The van der Waals surface area contributed by atoms with Gasteiger partial charge in [-0.05, 0) is 64.5 Å². The summed E-state index contributed by atoms with van der Waals surface area (Å²) in [6, 6.07) is 6.21. The zero-order chi connectivity index (χ0) is 14.5. The first-order valence-electron chi connectivity index (χ1n) is 6.52. The Morgan fingerprint density at radius 3 is 2.65 bits per heavy atom. The van der Waals surface area contributed by atoms with E-state index in [2.05, 4.69) is 28.2 Å². The fraction of sp³-hybridized carbons (Fsp3) is 0.333. The van der Waals surface area contributed by atoms with Crippen molar-refractivity contribution >= 4 is 27.3 Å². The Labute approximate surface area is 130 Å². The van der Waals surface area contributed by atoms with Crippen molar-refractivity contribution in [2.45, 2.75) is 25.8 Å². The fourth-order valence-corrected chi connectivity index (χ4v) is 3.76. The molecule has 1 aromatic carbocycles. The van der Waals surface area contributed by atoms with E-state index in [0.29, 0.717) is 6.42 Å². The zero-order valence-corrected chi connectivity index (χ0v) is 13.5. The molecule has 1 nitrogen and oxygen atoms in total. The molecular formula is C15H16BrF2NS. The van der Waals surface area contributed by atoms with Crippen LogP contribution in [0.4, 0.5) is 8.78 Å². The Bertz CT molecular complexity index is 571. The Morgan fingerprint density at radius 2 is 2.05 bits per heavy atom. The van der Waals surface area contributed by atoms with Gasteiger partial charge < -0.3 is 5.32 Å². The lowest BCUT2D eigenvalue weighted by molar-refractivity contribution is 0.501. The summed E-state index contributed by atoms with van der Waals surface area (Å²) in [7, 11) is 0. The maximum atomic E-state index is 13.3. The van der Waals surface area contributed by atoms with Crippen LogP contribution in [0.1, 0.15) is 29.8 Å². The lowest BCUT2D eigenvalue weighted by Gasteiger charge is -2.18. The second-order valence-corrected chi connectivity index (χ2v) is 6.39. The number of rotatable bonds is 6. The van der Waals surface area contributed by atoms with Gasteiger partial charge >= 0.3 is 0 Å². The van der Waals surface area contributed by atoms with Gasteiger partial charge in [0.05, 0.1) is 0 Å². The summed E-state index contributed by atoms with van der Waals surface area (Å²) in [6.45, 7) is 2.99. The maximum absolute atomic E-state index is 13.3. The summed E-state index contributed by atoms with van der Waals surface area (Å²) < 4.78 is 27.3. The molecule has 0 fully saturated rings. The minimum Gasteiger partial charge on any atom is -0.309 e. The normalized spacial score (nSPS) is 12.6. The molecule has 0 aliphatic carbocycles. The molecule has 0 aliphatic rings. The molecule has 2 aromatic rings. The van der Waals surface area contributed by atoms with Crippen molar-refractivity contribution in [3.63, 3.8) is 0 Å². The number of benzene rings is 1. The average molecular weight is 360 g/mol. The monoisotopic (exact) mass is 359 g/mol. The van der Waals surface area contributed by atoms with Crippen molar-refractivity contribution < 1.29 is 8.78 Å². The predicted molar refractivity (Wildman–Crippen MR) is 83.1 cm³/mol. The van der Waals surface area contributed by atoms with Crippen molar-refractivity contribution in [2.24, 2.45) is 0 Å². The maximum Gasteiger partial charge on any atom is 0.159 e. The molecule has 108 valence electrons. The molecule has 2 rings (SSSR count). The van der Waals surface area contributed by atoms with E-state index in [-0.39, 0.29) is 6.04 Å². The van der Waals surface area contributed by atoms with E-state index in [1.807, 2.05) is 11.4 Å². The first kappa shape index (κ1) is 15.6. The molecule has 0 bridgehead atoms. The molecule has 0 spiro atoms. The summed E-state index contributed by atoms with van der Waals surface area (Å²) in [4.78, 5) is 1.18. The van der Waals surface area contributed by atoms with Gasteiger partial charge in [-0.3, -0.25) is 0 Å². The zero-order valence-electron chi connectivity index (χ0n) is 11.1. The molecule has 1 unspecified atom stereocenters. The fourth-order valence-electron chi connectivity index (χ4n) is 2.03. The third-order valence-electron chi connectivity index (χ3n) is 3.03. The molecule has 0 saturated carbocycles. The van der Waals surface area contributed by atoms with E-state index in [1.54, 1.807) is 17.4 Å². The van der Waals surface area contributed by atoms with E-state index >= 15 is 0 Å². The van der Waals surface area contributed by atoms with E-state index < -0.39 is 11.6 Å². The third-order valence-corrected chi connectivity index (χ3v) is 5.01. The van der Waals surface area contributed by atoms with Crippen LogP contribution in [0.5, 0.6) is 0 Å². The van der Waals surface area contributed by atoms with Crippen LogP contribution in [0.15, 0.2) is 34.1 Å². The highest BCUT2D eigenvalue weighted by Crippen LogP contribution is 2.31. The summed E-state index contributed by atoms with van der Waals surface area (Å²) >= 11 is 5.19. The van der Waals surface area contributed by atoms with Crippen LogP contribution in [0.2, 0.25) is 0 Å². The molecule has 0 saturated heterocycles. The summed E-state index contributed by atoms with van der Waals surface area (Å²) in [6.07, 6.45) is 1.66. The van der Waals surface area contributed by atoms with Gasteiger partial charge in [0.25, 0.3) is 0 Å². The van der Waals surface area contributed by atoms with Crippen LogP contribution in [0.3, 0.4) is 0 Å². The standard InChI is InChI=1S/C15H16BrF2NS/c1-2-6-19-14(15-11(16)5-7-20-15)9-10-3-4-12(17)13(18)8-10/h3-5,7-8,14,19H,2,6,9H2,1H3. The molecule has 5 heteroatoms. The second-order valence-electron chi connectivity index (χ2n) is 4.59. The van der Waals surface area contributed by atoms with Crippen molar-refractivity contribution in [1.82, 2.24) is 5.32 Å². The second kappa shape index (κ2) is 7.29. The van der Waals surface area contributed by atoms with Gasteiger partial charge in [0.1, 0.15) is 0 Å². The molecule has 0 aliphatic heterocycles. The Kier molecular flexibility index (Phi) is 5.69. The molecule has 0 radical (unpaired) electrons. The predicted octanol–water partition coefficient (Wildman–Crippen LogP) is 5.07.